The Bertz CT molecular complexity index is 1230. The van der Waals surface area contributed by atoms with Crippen LogP contribution in [0.4, 0.5) is 5.82 Å². The number of hydrogen-bond acceptors (Lipinski definition) is 6. The molecule has 0 aliphatic heterocycles. The molecule has 0 saturated heterocycles. The number of nitrogens with one attached hydrogen (secondary N) is 1. The summed E-state index contributed by atoms with van der Waals surface area (Å²) in [6.07, 6.45) is 3.57. The summed E-state index contributed by atoms with van der Waals surface area (Å²) in [6, 6.07) is 16.1. The number of thiophene rings is 1. The van der Waals surface area contributed by atoms with Crippen molar-refractivity contribution < 1.29 is 0 Å². The Hall–Kier alpha value is -3.32. The molecule has 0 radical (unpaired) electrons. The molecule has 6 nitrogen and oxygen atoms in total. The molecule has 0 aliphatic carbocycles. The van der Waals surface area contributed by atoms with Gasteiger partial charge in [0.2, 0.25) is 0 Å². The number of hydrogen-bond donors (Lipinski definition) is 1. The smallest absolute Gasteiger partial charge is 0.160 e. The molecule has 0 aliphatic rings. The summed E-state index contributed by atoms with van der Waals surface area (Å²) in [6.45, 7) is 2.06. The van der Waals surface area contributed by atoms with E-state index >= 15 is 0 Å². The molecule has 0 spiro atoms. The van der Waals surface area contributed by atoms with Gasteiger partial charge in [-0.15, -0.1) is 21.5 Å². The Morgan fingerprint density at radius 2 is 1.85 bits per heavy atom. The highest BCUT2D eigenvalue weighted by molar-refractivity contribution is 7.17. The van der Waals surface area contributed by atoms with E-state index < -0.39 is 0 Å². The lowest BCUT2D eigenvalue weighted by Crippen LogP contribution is -2.12. The summed E-state index contributed by atoms with van der Waals surface area (Å²) < 4.78 is 1.99. The van der Waals surface area contributed by atoms with Crippen LogP contribution in [0.3, 0.4) is 0 Å². The van der Waals surface area contributed by atoms with Crippen molar-refractivity contribution in [2.24, 2.45) is 0 Å². The minimum atomic E-state index is -0.0657. The molecule has 1 aromatic carbocycles. The number of nitrogens with zero attached hydrogens (tertiary/aromatic N) is 5. The van der Waals surface area contributed by atoms with E-state index in [1.54, 1.807) is 17.7 Å². The van der Waals surface area contributed by atoms with E-state index in [4.69, 9.17) is 0 Å². The van der Waals surface area contributed by atoms with Crippen molar-refractivity contribution in [1.82, 2.24) is 24.6 Å². The molecule has 132 valence electrons. The van der Waals surface area contributed by atoms with Gasteiger partial charge in [-0.05, 0) is 24.6 Å². The first-order chi connectivity index (χ1) is 13.3. The Morgan fingerprint density at radius 3 is 2.74 bits per heavy atom. The fourth-order valence-corrected chi connectivity index (χ4v) is 4.16. The van der Waals surface area contributed by atoms with Gasteiger partial charge in [-0.3, -0.25) is 4.40 Å². The predicted molar refractivity (Wildman–Crippen MR) is 108 cm³/mol. The third kappa shape index (κ3) is 2.72. The first kappa shape index (κ1) is 15.9. The first-order valence-corrected chi connectivity index (χ1v) is 9.53. The summed E-state index contributed by atoms with van der Waals surface area (Å²) in [5.41, 5.74) is 3.12. The van der Waals surface area contributed by atoms with Gasteiger partial charge in [0.15, 0.2) is 11.5 Å². The number of anilines is 1. The monoisotopic (exact) mass is 372 g/mol. The molecule has 0 bridgehead atoms. The standard InChI is InChI=1S/C20H16N6S/c1-13(19-25-24-16-9-5-6-10-26(16)19)23-18-17-15(14-7-3-2-4-8-14)11-27-20(17)22-12-21-18/h2-13H,1H3,(H,21,22,23)/t13-/m1/s1. The zero-order valence-electron chi connectivity index (χ0n) is 14.6. The van der Waals surface area contributed by atoms with E-state index in [1.807, 2.05) is 47.0 Å². The maximum Gasteiger partial charge on any atom is 0.160 e. The predicted octanol–water partition coefficient (Wildman–Crippen LogP) is 4.57. The van der Waals surface area contributed by atoms with Crippen LogP contribution in [-0.4, -0.2) is 24.6 Å². The molecule has 0 fully saturated rings. The van der Waals surface area contributed by atoms with Gasteiger partial charge in [0.25, 0.3) is 0 Å². The van der Waals surface area contributed by atoms with Gasteiger partial charge in [0, 0.05) is 17.1 Å². The molecule has 0 amide bonds. The lowest BCUT2D eigenvalue weighted by atomic mass is 10.1. The number of rotatable bonds is 4. The van der Waals surface area contributed by atoms with Crippen molar-refractivity contribution in [2.75, 3.05) is 5.32 Å². The molecule has 4 aromatic heterocycles. The van der Waals surface area contributed by atoms with Crippen molar-refractivity contribution in [3.8, 4) is 11.1 Å². The lowest BCUT2D eigenvalue weighted by Gasteiger charge is -2.14. The highest BCUT2D eigenvalue weighted by Gasteiger charge is 2.18. The minimum absolute atomic E-state index is 0.0657. The van der Waals surface area contributed by atoms with Gasteiger partial charge in [0.05, 0.1) is 11.4 Å². The fourth-order valence-electron chi connectivity index (χ4n) is 3.24. The second-order valence-corrected chi connectivity index (χ2v) is 7.13. The Labute approximate surface area is 159 Å². The Kier molecular flexibility index (Phi) is 3.79. The van der Waals surface area contributed by atoms with E-state index in [0.717, 1.165) is 38.6 Å². The van der Waals surface area contributed by atoms with Crippen LogP contribution in [0, 0.1) is 0 Å². The summed E-state index contributed by atoms with van der Waals surface area (Å²) in [4.78, 5) is 9.93. The second kappa shape index (κ2) is 6.44. The molecule has 1 atom stereocenters. The molecule has 5 aromatic rings. The van der Waals surface area contributed by atoms with E-state index in [2.05, 4.69) is 49.9 Å². The lowest BCUT2D eigenvalue weighted by molar-refractivity contribution is 0.769. The maximum absolute atomic E-state index is 4.52. The van der Waals surface area contributed by atoms with E-state index in [-0.39, 0.29) is 6.04 Å². The van der Waals surface area contributed by atoms with Crippen molar-refractivity contribution in [3.63, 3.8) is 0 Å². The SMILES string of the molecule is C[C@@H](Nc1ncnc2scc(-c3ccccc3)c12)c1nnc2ccccn12. The van der Waals surface area contributed by atoms with Crippen LogP contribution in [-0.2, 0) is 0 Å². The van der Waals surface area contributed by atoms with Crippen LogP contribution >= 0.6 is 11.3 Å². The molecule has 0 saturated carbocycles. The molecule has 7 heteroatoms. The maximum atomic E-state index is 4.52. The third-order valence-corrected chi connectivity index (χ3v) is 5.42. The zero-order valence-corrected chi connectivity index (χ0v) is 15.4. The van der Waals surface area contributed by atoms with Crippen LogP contribution in [0.15, 0.2) is 66.4 Å². The second-order valence-electron chi connectivity index (χ2n) is 6.27. The molecule has 1 N–H and O–H groups in total. The number of pyridine rings is 1. The van der Waals surface area contributed by atoms with E-state index in [9.17, 15) is 0 Å². The first-order valence-electron chi connectivity index (χ1n) is 8.65. The summed E-state index contributed by atoms with van der Waals surface area (Å²) in [5, 5.41) is 15.3. The molecular weight excluding hydrogens is 356 g/mol. The van der Waals surface area contributed by atoms with Crippen molar-refractivity contribution >= 4 is 33.0 Å². The number of fused-ring (bicyclic) bond motifs is 2. The zero-order chi connectivity index (χ0) is 18.2. The van der Waals surface area contributed by atoms with Gasteiger partial charge < -0.3 is 5.32 Å². The normalized spacial score (nSPS) is 12.5. The number of aromatic nitrogens is 5. The molecule has 4 heterocycles. The van der Waals surface area contributed by atoms with Crippen LogP contribution in [0.2, 0.25) is 0 Å². The topological polar surface area (TPSA) is 68.0 Å². The van der Waals surface area contributed by atoms with Crippen LogP contribution in [0.1, 0.15) is 18.8 Å². The van der Waals surface area contributed by atoms with Gasteiger partial charge in [-0.25, -0.2) is 9.97 Å². The molecule has 0 unspecified atom stereocenters. The van der Waals surface area contributed by atoms with Gasteiger partial charge >= 0.3 is 0 Å². The quantitative estimate of drug-likeness (QED) is 0.500. The van der Waals surface area contributed by atoms with Gasteiger partial charge in [-0.2, -0.15) is 0 Å². The average molecular weight is 372 g/mol. The third-order valence-electron chi connectivity index (χ3n) is 4.54. The minimum Gasteiger partial charge on any atom is -0.360 e. The molecule has 5 rings (SSSR count). The Morgan fingerprint density at radius 1 is 1.00 bits per heavy atom. The van der Waals surface area contributed by atoms with Crippen LogP contribution in [0.5, 0.6) is 0 Å². The van der Waals surface area contributed by atoms with Crippen molar-refractivity contribution in [1.29, 1.82) is 0 Å². The van der Waals surface area contributed by atoms with Crippen LogP contribution in [0.25, 0.3) is 27.0 Å². The van der Waals surface area contributed by atoms with E-state index in [0.29, 0.717) is 0 Å². The Balaban J connectivity index is 1.58. The van der Waals surface area contributed by atoms with Crippen LogP contribution < -0.4 is 5.32 Å². The van der Waals surface area contributed by atoms with E-state index in [1.165, 1.54) is 0 Å². The molecule has 27 heavy (non-hydrogen) atoms. The number of benzene rings is 1. The molecular formula is C20H16N6S. The van der Waals surface area contributed by atoms with Crippen molar-refractivity contribution in [3.05, 3.63) is 72.3 Å². The highest BCUT2D eigenvalue weighted by Crippen LogP contribution is 2.37. The van der Waals surface area contributed by atoms with Gasteiger partial charge in [-0.1, -0.05) is 36.4 Å². The largest absolute Gasteiger partial charge is 0.360 e. The fraction of sp³-hybridized carbons (Fsp3) is 0.100. The van der Waals surface area contributed by atoms with Gasteiger partial charge in [0.1, 0.15) is 17.0 Å². The summed E-state index contributed by atoms with van der Waals surface area (Å²) in [5.74, 6) is 1.65. The average Bonchev–Trinajstić information content (AvgIpc) is 3.34. The summed E-state index contributed by atoms with van der Waals surface area (Å²) >= 11 is 1.63. The van der Waals surface area contributed by atoms with Crippen molar-refractivity contribution in [2.45, 2.75) is 13.0 Å². The summed E-state index contributed by atoms with van der Waals surface area (Å²) in [7, 11) is 0. The highest BCUT2D eigenvalue weighted by atomic mass is 32.1.